The second-order valence-corrected chi connectivity index (χ2v) is 15.7. The number of carbonyl (C=O) groups excluding carboxylic acids is 2. The molecule has 0 N–H and O–H groups in total. The molecule has 5 rings (SSSR count). The molecule has 0 aromatic carbocycles. The number of Topliss-reactive ketones (excluding diaryl/α,β-unsaturated/α-hetero) is 1. The third kappa shape index (κ3) is 3.42. The Balaban J connectivity index is 1.67. The maximum atomic E-state index is 14.5. The van der Waals surface area contributed by atoms with Crippen molar-refractivity contribution in [1.29, 1.82) is 0 Å². The number of unbranched alkanes of at least 4 members (excludes halogenated alkanes) is 1. The topological polar surface area (TPSA) is 38.5 Å². The van der Waals surface area contributed by atoms with Gasteiger partial charge in [-0.2, -0.15) is 0 Å². The summed E-state index contributed by atoms with van der Waals surface area (Å²) >= 11 is 0. The normalized spacial score (nSPS) is 45.9. The summed E-state index contributed by atoms with van der Waals surface area (Å²) in [5.41, 5.74) is 0.864. The maximum absolute atomic E-state index is 14.5. The van der Waals surface area contributed by atoms with Crippen LogP contribution in [0.2, 0.25) is 0 Å². The van der Waals surface area contributed by atoms with E-state index in [4.69, 9.17) is 6.57 Å². The van der Waals surface area contributed by atoms with E-state index in [0.29, 0.717) is 17.1 Å². The van der Waals surface area contributed by atoms with Crippen molar-refractivity contribution in [2.24, 2.45) is 50.2 Å². The Kier molecular flexibility index (Phi) is 5.93. The standard InChI is InChI=1S/C34H49NO2/c1-10-11-13-34-17-15-29(2,3)20-22(34)27-24(36)19-26-31(6)21-23(35-9)28(37)30(4,5)25(31)12-14-32(26,7)33(27,8)16-18-34/h19,21-22,25,27H,10-18,20H2,1-8H3/t22-,25-,27-,31-,32+,33+,34+/m0/s1. The minimum absolute atomic E-state index is 0.0248. The van der Waals surface area contributed by atoms with Crippen LogP contribution in [0.1, 0.15) is 120 Å². The average molecular weight is 504 g/mol. The third-order valence-electron chi connectivity index (χ3n) is 13.0. The highest BCUT2D eigenvalue weighted by Crippen LogP contribution is 2.75. The summed E-state index contributed by atoms with van der Waals surface area (Å²) in [4.78, 5) is 31.4. The van der Waals surface area contributed by atoms with E-state index in [2.05, 4.69) is 52.5 Å². The molecule has 5 aliphatic carbocycles. The minimum atomic E-state index is -0.596. The highest BCUT2D eigenvalue weighted by atomic mass is 16.1. The fourth-order valence-electron chi connectivity index (χ4n) is 10.7. The molecule has 0 radical (unpaired) electrons. The average Bonchev–Trinajstić information content (AvgIpc) is 2.82. The highest BCUT2D eigenvalue weighted by Gasteiger charge is 2.69. The first-order chi connectivity index (χ1) is 17.1. The lowest BCUT2D eigenvalue weighted by Gasteiger charge is -2.69. The molecular formula is C34H49NO2. The van der Waals surface area contributed by atoms with Gasteiger partial charge in [0.15, 0.2) is 11.6 Å². The van der Waals surface area contributed by atoms with E-state index >= 15 is 0 Å². The van der Waals surface area contributed by atoms with E-state index in [-0.39, 0.29) is 39.6 Å². The number of fused-ring (bicyclic) bond motifs is 7. The lowest BCUT2D eigenvalue weighted by molar-refractivity contribution is -0.172. The van der Waals surface area contributed by atoms with Crippen molar-refractivity contribution in [2.75, 3.05) is 0 Å². The van der Waals surface area contributed by atoms with Gasteiger partial charge in [-0.15, -0.1) is 0 Å². The van der Waals surface area contributed by atoms with Crippen LogP contribution in [0, 0.1) is 56.8 Å². The van der Waals surface area contributed by atoms with Gasteiger partial charge in [0.25, 0.3) is 0 Å². The molecule has 0 aromatic rings. The van der Waals surface area contributed by atoms with Crippen molar-refractivity contribution in [1.82, 2.24) is 0 Å². The van der Waals surface area contributed by atoms with E-state index in [1.54, 1.807) is 0 Å². The SMILES string of the molecule is [C-]#[N+]C1=C[C@]2(C)C3=CC(=O)[C@@H]4[C@@H]5CC(C)(C)CC[C@]5(CCCC)CC[C@@]4(C)[C@]3(C)CC[C@H]2C(C)(C)C1=O. The molecule has 3 fully saturated rings. The zero-order valence-corrected chi connectivity index (χ0v) is 24.7. The Labute approximate surface area is 225 Å². The Morgan fingerprint density at radius 2 is 1.65 bits per heavy atom. The fraction of sp³-hybridized carbons (Fsp3) is 0.794. The second kappa shape index (κ2) is 8.16. The zero-order valence-electron chi connectivity index (χ0n) is 24.7. The molecule has 37 heavy (non-hydrogen) atoms. The monoisotopic (exact) mass is 503 g/mol. The van der Waals surface area contributed by atoms with Gasteiger partial charge in [0, 0.05) is 16.7 Å². The van der Waals surface area contributed by atoms with Gasteiger partial charge in [0.2, 0.25) is 5.70 Å². The third-order valence-corrected chi connectivity index (χ3v) is 13.0. The van der Waals surface area contributed by atoms with E-state index in [0.717, 1.165) is 25.7 Å². The molecule has 0 spiro atoms. The lowest BCUT2D eigenvalue weighted by atomic mass is 9.34. The highest BCUT2D eigenvalue weighted by molar-refractivity contribution is 6.03. The molecule has 0 heterocycles. The maximum Gasteiger partial charge on any atom is 0.226 e. The molecular weight excluding hydrogens is 454 g/mol. The van der Waals surface area contributed by atoms with Crippen molar-refractivity contribution in [3.8, 4) is 0 Å². The van der Waals surface area contributed by atoms with Gasteiger partial charge < -0.3 is 4.79 Å². The molecule has 5 aliphatic rings. The van der Waals surface area contributed by atoms with Crippen molar-refractivity contribution >= 4 is 11.6 Å². The quantitative estimate of drug-likeness (QED) is 0.361. The van der Waals surface area contributed by atoms with E-state index in [9.17, 15) is 9.59 Å². The summed E-state index contributed by atoms with van der Waals surface area (Å²) in [5.74, 6) is 0.962. The van der Waals surface area contributed by atoms with Crippen LogP contribution < -0.4 is 0 Å². The number of rotatable bonds is 3. The van der Waals surface area contributed by atoms with Crippen LogP contribution in [0.3, 0.4) is 0 Å². The molecule has 7 atom stereocenters. The molecule has 3 nitrogen and oxygen atoms in total. The molecule has 3 heteroatoms. The fourth-order valence-corrected chi connectivity index (χ4v) is 10.7. The summed E-state index contributed by atoms with van der Waals surface area (Å²) in [6.45, 7) is 26.1. The largest absolute Gasteiger partial charge is 0.307 e. The van der Waals surface area contributed by atoms with Crippen LogP contribution in [0.4, 0.5) is 0 Å². The molecule has 0 unspecified atom stereocenters. The summed E-state index contributed by atoms with van der Waals surface area (Å²) in [6, 6.07) is 0. The smallest absolute Gasteiger partial charge is 0.226 e. The van der Waals surface area contributed by atoms with Crippen molar-refractivity contribution in [3.63, 3.8) is 0 Å². The van der Waals surface area contributed by atoms with Crippen LogP contribution in [0.5, 0.6) is 0 Å². The Morgan fingerprint density at radius 3 is 2.30 bits per heavy atom. The summed E-state index contributed by atoms with van der Waals surface area (Å²) in [7, 11) is 0. The van der Waals surface area contributed by atoms with Gasteiger partial charge in [0.05, 0.1) is 6.57 Å². The van der Waals surface area contributed by atoms with Crippen molar-refractivity contribution in [3.05, 3.63) is 34.8 Å². The number of nitrogens with zero attached hydrogens (tertiary/aromatic N) is 1. The number of hydrogen-bond donors (Lipinski definition) is 0. The van der Waals surface area contributed by atoms with Gasteiger partial charge in [0.1, 0.15) is 0 Å². The Bertz CT molecular complexity index is 1130. The van der Waals surface area contributed by atoms with Gasteiger partial charge in [-0.3, -0.25) is 4.79 Å². The van der Waals surface area contributed by atoms with Gasteiger partial charge >= 0.3 is 0 Å². The van der Waals surface area contributed by atoms with Crippen LogP contribution >= 0.6 is 0 Å². The Morgan fingerprint density at radius 1 is 0.973 bits per heavy atom. The summed E-state index contributed by atoms with van der Waals surface area (Å²) in [6.07, 6.45) is 15.8. The molecule has 0 saturated heterocycles. The summed E-state index contributed by atoms with van der Waals surface area (Å²) < 4.78 is 0. The first-order valence-electron chi connectivity index (χ1n) is 15.0. The number of carbonyl (C=O) groups is 2. The van der Waals surface area contributed by atoms with Crippen molar-refractivity contribution in [2.45, 2.75) is 120 Å². The molecule has 3 saturated carbocycles. The first kappa shape index (κ1) is 26.9. The lowest BCUT2D eigenvalue weighted by Crippen LogP contribution is -2.64. The number of ketones is 2. The first-order valence-corrected chi connectivity index (χ1v) is 15.0. The second-order valence-electron chi connectivity index (χ2n) is 15.7. The van der Waals surface area contributed by atoms with Crippen LogP contribution in [0.15, 0.2) is 23.4 Å². The van der Waals surface area contributed by atoms with Gasteiger partial charge in [-0.25, -0.2) is 4.85 Å². The minimum Gasteiger partial charge on any atom is -0.307 e. The van der Waals surface area contributed by atoms with Crippen LogP contribution in [-0.2, 0) is 9.59 Å². The van der Waals surface area contributed by atoms with Gasteiger partial charge in [-0.1, -0.05) is 79.9 Å². The molecule has 0 aliphatic heterocycles. The summed E-state index contributed by atoms with van der Waals surface area (Å²) in [5, 5.41) is 0. The van der Waals surface area contributed by atoms with E-state index in [1.807, 2.05) is 19.9 Å². The zero-order chi connectivity index (χ0) is 27.2. The molecule has 202 valence electrons. The number of hydrogen-bond acceptors (Lipinski definition) is 2. The predicted octanol–water partition coefficient (Wildman–Crippen LogP) is 8.75. The van der Waals surface area contributed by atoms with Crippen LogP contribution in [-0.4, -0.2) is 11.6 Å². The molecule has 0 bridgehead atoms. The number of allylic oxidation sites excluding steroid dienone is 4. The van der Waals surface area contributed by atoms with E-state index in [1.165, 1.54) is 44.1 Å². The van der Waals surface area contributed by atoms with Crippen molar-refractivity contribution < 1.29 is 9.59 Å². The molecule has 0 amide bonds. The van der Waals surface area contributed by atoms with Gasteiger partial charge in [-0.05, 0) is 90.9 Å². The Hall–Kier alpha value is -1.69. The van der Waals surface area contributed by atoms with Crippen LogP contribution in [0.25, 0.3) is 4.85 Å². The predicted molar refractivity (Wildman–Crippen MR) is 149 cm³/mol. The molecule has 0 aromatic heterocycles. The van der Waals surface area contributed by atoms with E-state index < -0.39 is 10.8 Å².